The maximum atomic E-state index is 11.9. The van der Waals surface area contributed by atoms with Crippen LogP contribution in [-0.2, 0) is 11.3 Å². The Bertz CT molecular complexity index is 434. The first-order chi connectivity index (χ1) is 9.13. The predicted octanol–water partition coefficient (Wildman–Crippen LogP) is 2.77. The molecule has 2 rings (SSSR count). The summed E-state index contributed by atoms with van der Waals surface area (Å²) in [6.45, 7) is 7.17. The van der Waals surface area contributed by atoms with E-state index in [9.17, 15) is 4.79 Å². The van der Waals surface area contributed by atoms with Gasteiger partial charge in [-0.2, -0.15) is 0 Å². The lowest BCUT2D eigenvalue weighted by Gasteiger charge is -2.14. The van der Waals surface area contributed by atoms with Crippen LogP contribution in [0.2, 0.25) is 0 Å². The third-order valence-corrected chi connectivity index (χ3v) is 3.69. The minimum atomic E-state index is -0.358. The number of carbonyl (C=O) groups is 1. The number of hydrogen-bond donors (Lipinski definition) is 0. The van der Waals surface area contributed by atoms with Gasteiger partial charge >= 0.3 is 5.97 Å². The van der Waals surface area contributed by atoms with Gasteiger partial charge in [0.25, 0.3) is 0 Å². The van der Waals surface area contributed by atoms with E-state index in [0.29, 0.717) is 18.2 Å². The summed E-state index contributed by atoms with van der Waals surface area (Å²) in [6.07, 6.45) is 5.13. The summed E-state index contributed by atoms with van der Waals surface area (Å²) < 4.78 is 6.96. The molecule has 0 radical (unpaired) electrons. The smallest absolute Gasteiger partial charge is 0.360 e. The molecule has 19 heavy (non-hydrogen) atoms. The highest BCUT2D eigenvalue weighted by molar-refractivity contribution is 5.88. The summed E-state index contributed by atoms with van der Waals surface area (Å²) >= 11 is 0. The molecule has 1 aliphatic rings. The van der Waals surface area contributed by atoms with Gasteiger partial charge in [-0.1, -0.05) is 31.9 Å². The third kappa shape index (κ3) is 3.14. The number of nitrogens with zero attached hydrogens (tertiary/aromatic N) is 3. The average Bonchev–Trinajstić information content (AvgIpc) is 2.99. The van der Waals surface area contributed by atoms with Crippen LogP contribution in [-0.4, -0.2) is 27.6 Å². The maximum Gasteiger partial charge on any atom is 0.360 e. The summed E-state index contributed by atoms with van der Waals surface area (Å²) in [5.41, 5.74) is 1.29. The Hall–Kier alpha value is -1.39. The van der Waals surface area contributed by atoms with Gasteiger partial charge in [0.05, 0.1) is 12.3 Å². The van der Waals surface area contributed by atoms with Crippen LogP contribution < -0.4 is 0 Å². The molecule has 5 nitrogen and oxygen atoms in total. The van der Waals surface area contributed by atoms with Crippen molar-refractivity contribution in [3.63, 3.8) is 0 Å². The highest BCUT2D eigenvalue weighted by Crippen LogP contribution is 2.28. The molecule has 0 saturated heterocycles. The summed E-state index contributed by atoms with van der Waals surface area (Å²) in [5, 5.41) is 8.21. The normalized spacial score (nSPS) is 16.2. The topological polar surface area (TPSA) is 57.0 Å². The molecule has 0 amide bonds. The Morgan fingerprint density at radius 1 is 1.42 bits per heavy atom. The van der Waals surface area contributed by atoms with E-state index in [1.165, 1.54) is 25.7 Å². The van der Waals surface area contributed by atoms with Gasteiger partial charge in [-0.05, 0) is 31.6 Å². The Morgan fingerprint density at radius 2 is 2.11 bits per heavy atom. The van der Waals surface area contributed by atoms with Crippen LogP contribution in [0.4, 0.5) is 0 Å². The van der Waals surface area contributed by atoms with Crippen LogP contribution >= 0.6 is 0 Å². The van der Waals surface area contributed by atoms with Crippen molar-refractivity contribution in [2.75, 3.05) is 6.61 Å². The number of carbonyl (C=O) groups excluding carboxylic acids is 1. The molecule has 0 atom stereocenters. The van der Waals surface area contributed by atoms with Crippen molar-refractivity contribution < 1.29 is 9.53 Å². The molecule has 1 saturated carbocycles. The molecule has 5 heteroatoms. The van der Waals surface area contributed by atoms with E-state index < -0.39 is 0 Å². The second-order valence-electron chi connectivity index (χ2n) is 5.53. The maximum absolute atomic E-state index is 11.9. The monoisotopic (exact) mass is 265 g/mol. The standard InChI is InChI=1S/C14H23N3O2/c1-4-19-14(18)12-13(10(2)3)17(16-15-12)9-11-7-5-6-8-11/h10-11H,4-9H2,1-3H3. The Balaban J connectivity index is 2.20. The SMILES string of the molecule is CCOC(=O)c1nnn(CC2CCCC2)c1C(C)C. The lowest BCUT2D eigenvalue weighted by molar-refractivity contribution is 0.0517. The molecular formula is C14H23N3O2. The highest BCUT2D eigenvalue weighted by Gasteiger charge is 2.25. The van der Waals surface area contributed by atoms with Crippen molar-refractivity contribution in [1.82, 2.24) is 15.0 Å². The summed E-state index contributed by atoms with van der Waals surface area (Å²) in [6, 6.07) is 0. The number of esters is 1. The van der Waals surface area contributed by atoms with Gasteiger partial charge in [0.2, 0.25) is 0 Å². The first-order valence-electron chi connectivity index (χ1n) is 7.24. The predicted molar refractivity (Wildman–Crippen MR) is 72.0 cm³/mol. The first kappa shape index (κ1) is 14.0. The van der Waals surface area contributed by atoms with Gasteiger partial charge in [0.15, 0.2) is 5.69 Å². The van der Waals surface area contributed by atoms with Crippen molar-refractivity contribution in [3.8, 4) is 0 Å². The van der Waals surface area contributed by atoms with Crippen LogP contribution in [0.25, 0.3) is 0 Å². The molecule has 1 heterocycles. The summed E-state index contributed by atoms with van der Waals surface area (Å²) in [5.74, 6) is 0.536. The van der Waals surface area contributed by atoms with Crippen LogP contribution in [0.15, 0.2) is 0 Å². The quantitative estimate of drug-likeness (QED) is 0.768. The second-order valence-corrected chi connectivity index (χ2v) is 5.53. The van der Waals surface area contributed by atoms with Gasteiger partial charge in [0.1, 0.15) is 0 Å². The molecule has 0 bridgehead atoms. The molecule has 1 fully saturated rings. The largest absolute Gasteiger partial charge is 0.461 e. The van der Waals surface area contributed by atoms with Gasteiger partial charge in [-0.25, -0.2) is 9.48 Å². The van der Waals surface area contributed by atoms with Crippen LogP contribution in [0.5, 0.6) is 0 Å². The van der Waals surface area contributed by atoms with Gasteiger partial charge in [0, 0.05) is 6.54 Å². The van der Waals surface area contributed by atoms with Gasteiger partial charge in [-0.3, -0.25) is 0 Å². The zero-order chi connectivity index (χ0) is 13.8. The zero-order valence-corrected chi connectivity index (χ0v) is 12.1. The first-order valence-corrected chi connectivity index (χ1v) is 7.24. The summed E-state index contributed by atoms with van der Waals surface area (Å²) in [4.78, 5) is 11.9. The average molecular weight is 265 g/mol. The van der Waals surface area contributed by atoms with Crippen molar-refractivity contribution in [2.45, 2.75) is 58.9 Å². The van der Waals surface area contributed by atoms with Crippen LogP contribution in [0.1, 0.15) is 68.6 Å². The summed E-state index contributed by atoms with van der Waals surface area (Å²) in [7, 11) is 0. The van der Waals surface area contributed by atoms with Crippen molar-refractivity contribution in [2.24, 2.45) is 5.92 Å². The fourth-order valence-electron chi connectivity index (χ4n) is 2.81. The van der Waals surface area contributed by atoms with E-state index in [1.807, 2.05) is 4.68 Å². The van der Waals surface area contributed by atoms with E-state index >= 15 is 0 Å². The van der Waals surface area contributed by atoms with Crippen molar-refractivity contribution in [1.29, 1.82) is 0 Å². The minimum absolute atomic E-state index is 0.218. The second kappa shape index (κ2) is 6.17. The van der Waals surface area contributed by atoms with Gasteiger partial charge < -0.3 is 4.74 Å². The third-order valence-electron chi connectivity index (χ3n) is 3.69. The van der Waals surface area contributed by atoms with Crippen molar-refractivity contribution in [3.05, 3.63) is 11.4 Å². The molecule has 0 spiro atoms. The molecule has 1 aromatic heterocycles. The van der Waals surface area contributed by atoms with E-state index in [4.69, 9.17) is 4.74 Å². The molecule has 1 aliphatic carbocycles. The number of ether oxygens (including phenoxy) is 1. The number of hydrogen-bond acceptors (Lipinski definition) is 4. The van der Waals surface area contributed by atoms with Crippen molar-refractivity contribution >= 4 is 5.97 Å². The molecule has 0 aliphatic heterocycles. The molecule has 0 aromatic carbocycles. The van der Waals surface area contributed by atoms with Gasteiger partial charge in [-0.15, -0.1) is 5.10 Å². The highest BCUT2D eigenvalue weighted by atomic mass is 16.5. The molecule has 0 N–H and O–H groups in total. The number of rotatable bonds is 5. The van der Waals surface area contributed by atoms with E-state index in [1.54, 1.807) is 6.92 Å². The molecule has 0 unspecified atom stereocenters. The Labute approximate surface area is 114 Å². The minimum Gasteiger partial charge on any atom is -0.461 e. The van der Waals surface area contributed by atoms with Crippen LogP contribution in [0, 0.1) is 5.92 Å². The number of aromatic nitrogens is 3. The Kier molecular flexibility index (Phi) is 4.56. The zero-order valence-electron chi connectivity index (χ0n) is 12.1. The Morgan fingerprint density at radius 3 is 2.68 bits per heavy atom. The fourth-order valence-corrected chi connectivity index (χ4v) is 2.81. The van der Waals surface area contributed by atoms with E-state index in [-0.39, 0.29) is 11.9 Å². The van der Waals surface area contributed by atoms with Crippen LogP contribution in [0.3, 0.4) is 0 Å². The van der Waals surface area contributed by atoms with E-state index in [2.05, 4.69) is 24.2 Å². The lowest BCUT2D eigenvalue weighted by atomic mass is 10.1. The fraction of sp³-hybridized carbons (Fsp3) is 0.786. The lowest BCUT2D eigenvalue weighted by Crippen LogP contribution is -2.15. The molecule has 1 aromatic rings. The molecule has 106 valence electrons. The molecular weight excluding hydrogens is 242 g/mol. The van der Waals surface area contributed by atoms with E-state index in [0.717, 1.165) is 12.2 Å².